The summed E-state index contributed by atoms with van der Waals surface area (Å²) < 4.78 is 0. The van der Waals surface area contributed by atoms with E-state index in [4.69, 9.17) is 5.73 Å². The van der Waals surface area contributed by atoms with Crippen molar-refractivity contribution < 1.29 is 4.79 Å². The second-order valence-electron chi connectivity index (χ2n) is 6.56. The fourth-order valence-corrected chi connectivity index (χ4v) is 2.36. The highest BCUT2D eigenvalue weighted by Gasteiger charge is 2.30. The normalized spacial score (nSPS) is 14.7. The summed E-state index contributed by atoms with van der Waals surface area (Å²) in [4.78, 5) is 12.2. The number of nitrogens with one attached hydrogen (secondary N) is 1. The molecule has 3 N–H and O–H groups in total. The van der Waals surface area contributed by atoms with Crippen molar-refractivity contribution in [2.45, 2.75) is 59.5 Å². The molecule has 0 heterocycles. The molecule has 0 aromatic heterocycles. The van der Waals surface area contributed by atoms with Crippen LogP contribution in [0.15, 0.2) is 24.3 Å². The van der Waals surface area contributed by atoms with E-state index in [1.165, 1.54) is 5.56 Å². The molecule has 1 rings (SSSR count). The molecule has 2 unspecified atom stereocenters. The number of hydrogen-bond donors (Lipinski definition) is 2. The van der Waals surface area contributed by atoms with Crippen molar-refractivity contribution in [1.29, 1.82) is 0 Å². The van der Waals surface area contributed by atoms with E-state index >= 15 is 0 Å². The number of nitrogens with two attached hydrogens (primary N) is 1. The first-order valence-corrected chi connectivity index (χ1v) is 7.38. The van der Waals surface area contributed by atoms with Crippen molar-refractivity contribution in [3.63, 3.8) is 0 Å². The van der Waals surface area contributed by atoms with Crippen molar-refractivity contribution >= 4 is 5.91 Å². The van der Waals surface area contributed by atoms with Crippen molar-refractivity contribution in [2.24, 2.45) is 11.1 Å². The number of carbonyl (C=O) groups excluding carboxylic acids is 1. The van der Waals surface area contributed by atoms with Crippen LogP contribution in [0.25, 0.3) is 0 Å². The second kappa shape index (κ2) is 6.89. The first-order chi connectivity index (χ1) is 9.27. The third-order valence-corrected chi connectivity index (χ3v) is 3.59. The smallest absolute Gasteiger partial charge is 0.237 e. The standard InChI is InChI=1S/C17H28N2O/c1-6-9-14(18)16(20)19-15(17(3,4)5)13-11-8-7-10-12(13)2/h7-8,10-11,14-15H,6,9,18H2,1-5H3,(H,19,20). The van der Waals surface area contributed by atoms with Crippen LogP contribution < -0.4 is 11.1 Å². The summed E-state index contributed by atoms with van der Waals surface area (Å²) >= 11 is 0. The van der Waals surface area contributed by atoms with Crippen LogP contribution in [0.5, 0.6) is 0 Å². The molecule has 0 saturated carbocycles. The quantitative estimate of drug-likeness (QED) is 0.866. The zero-order chi connectivity index (χ0) is 15.3. The minimum absolute atomic E-state index is 0.0286. The summed E-state index contributed by atoms with van der Waals surface area (Å²) in [6.07, 6.45) is 1.63. The molecule has 2 atom stereocenters. The molecule has 0 fully saturated rings. The average Bonchev–Trinajstić information content (AvgIpc) is 2.35. The first-order valence-electron chi connectivity index (χ1n) is 7.38. The van der Waals surface area contributed by atoms with E-state index in [2.05, 4.69) is 45.1 Å². The number of hydrogen-bond acceptors (Lipinski definition) is 2. The lowest BCUT2D eigenvalue weighted by Gasteiger charge is -2.33. The highest BCUT2D eigenvalue weighted by Crippen LogP contribution is 2.34. The van der Waals surface area contributed by atoms with Crippen molar-refractivity contribution in [3.8, 4) is 0 Å². The van der Waals surface area contributed by atoms with Gasteiger partial charge in [-0.05, 0) is 29.9 Å². The van der Waals surface area contributed by atoms with E-state index in [0.717, 1.165) is 18.4 Å². The Hall–Kier alpha value is -1.35. The van der Waals surface area contributed by atoms with Gasteiger partial charge in [-0.25, -0.2) is 0 Å². The van der Waals surface area contributed by atoms with Crippen molar-refractivity contribution in [2.75, 3.05) is 0 Å². The maximum absolute atomic E-state index is 12.2. The Kier molecular flexibility index (Phi) is 5.75. The number of benzene rings is 1. The van der Waals surface area contributed by atoms with Crippen molar-refractivity contribution in [1.82, 2.24) is 5.32 Å². The van der Waals surface area contributed by atoms with Gasteiger partial charge in [-0.1, -0.05) is 58.4 Å². The zero-order valence-corrected chi connectivity index (χ0v) is 13.4. The predicted octanol–water partition coefficient (Wildman–Crippen LogP) is 3.33. The van der Waals surface area contributed by atoms with Gasteiger partial charge in [0, 0.05) is 0 Å². The van der Waals surface area contributed by atoms with Crippen LogP contribution in [0.1, 0.15) is 57.7 Å². The number of carbonyl (C=O) groups is 1. The van der Waals surface area contributed by atoms with Crippen LogP contribution in [0.4, 0.5) is 0 Å². The third kappa shape index (κ3) is 4.34. The summed E-state index contributed by atoms with van der Waals surface area (Å²) in [5.74, 6) is -0.0602. The Morgan fingerprint density at radius 2 is 1.90 bits per heavy atom. The van der Waals surface area contributed by atoms with Crippen LogP contribution in [0.3, 0.4) is 0 Å². The Morgan fingerprint density at radius 1 is 1.30 bits per heavy atom. The summed E-state index contributed by atoms with van der Waals surface area (Å²) in [7, 11) is 0. The van der Waals surface area contributed by atoms with Gasteiger partial charge in [0.2, 0.25) is 5.91 Å². The highest BCUT2D eigenvalue weighted by molar-refractivity contribution is 5.82. The molecule has 1 amide bonds. The molecule has 0 spiro atoms. The molecule has 0 saturated heterocycles. The lowest BCUT2D eigenvalue weighted by Crippen LogP contribution is -2.45. The van der Waals surface area contributed by atoms with Crippen LogP contribution in [0, 0.1) is 12.3 Å². The molecule has 3 nitrogen and oxygen atoms in total. The maximum atomic E-state index is 12.2. The zero-order valence-electron chi connectivity index (χ0n) is 13.4. The molecular formula is C17H28N2O. The molecule has 1 aromatic rings. The summed E-state index contributed by atoms with van der Waals surface area (Å²) in [6, 6.07) is 7.74. The lowest BCUT2D eigenvalue weighted by molar-refractivity contribution is -0.124. The predicted molar refractivity (Wildman–Crippen MR) is 84.4 cm³/mol. The van der Waals surface area contributed by atoms with Gasteiger partial charge in [-0.2, -0.15) is 0 Å². The topological polar surface area (TPSA) is 55.1 Å². The van der Waals surface area contributed by atoms with Gasteiger partial charge in [0.05, 0.1) is 12.1 Å². The van der Waals surface area contributed by atoms with Gasteiger partial charge in [-0.15, -0.1) is 0 Å². The van der Waals surface area contributed by atoms with Gasteiger partial charge < -0.3 is 11.1 Å². The van der Waals surface area contributed by atoms with E-state index in [1.54, 1.807) is 0 Å². The Balaban J connectivity index is 2.98. The largest absolute Gasteiger partial charge is 0.347 e. The van der Waals surface area contributed by atoms with Crippen LogP contribution in [-0.2, 0) is 4.79 Å². The van der Waals surface area contributed by atoms with E-state index in [-0.39, 0.29) is 17.4 Å². The fraction of sp³-hybridized carbons (Fsp3) is 0.588. The molecule has 3 heteroatoms. The molecule has 0 aliphatic carbocycles. The first kappa shape index (κ1) is 16.7. The summed E-state index contributed by atoms with van der Waals surface area (Å²) in [6.45, 7) is 10.5. The van der Waals surface area contributed by atoms with Gasteiger partial charge in [0.15, 0.2) is 0 Å². The van der Waals surface area contributed by atoms with Gasteiger partial charge in [-0.3, -0.25) is 4.79 Å². The van der Waals surface area contributed by atoms with Crippen molar-refractivity contribution in [3.05, 3.63) is 35.4 Å². The Bertz CT molecular complexity index is 449. The highest BCUT2D eigenvalue weighted by atomic mass is 16.2. The molecule has 20 heavy (non-hydrogen) atoms. The minimum atomic E-state index is -0.422. The molecule has 0 aliphatic rings. The van der Waals surface area contributed by atoms with E-state index in [1.807, 2.05) is 19.1 Å². The Morgan fingerprint density at radius 3 is 2.40 bits per heavy atom. The maximum Gasteiger partial charge on any atom is 0.237 e. The molecule has 1 aromatic carbocycles. The molecule has 112 valence electrons. The number of aryl methyl sites for hydroxylation is 1. The Labute approximate surface area is 122 Å². The average molecular weight is 276 g/mol. The molecule has 0 bridgehead atoms. The summed E-state index contributed by atoms with van der Waals surface area (Å²) in [5, 5.41) is 3.13. The molecule has 0 aliphatic heterocycles. The number of rotatable bonds is 5. The lowest BCUT2D eigenvalue weighted by atomic mass is 9.80. The fourth-order valence-electron chi connectivity index (χ4n) is 2.36. The second-order valence-corrected chi connectivity index (χ2v) is 6.56. The van der Waals surface area contributed by atoms with Crippen LogP contribution in [0.2, 0.25) is 0 Å². The number of amides is 1. The van der Waals surface area contributed by atoms with E-state index < -0.39 is 6.04 Å². The third-order valence-electron chi connectivity index (χ3n) is 3.59. The monoisotopic (exact) mass is 276 g/mol. The van der Waals surface area contributed by atoms with Gasteiger partial charge >= 0.3 is 0 Å². The van der Waals surface area contributed by atoms with Gasteiger partial charge in [0.1, 0.15) is 0 Å². The molecule has 0 radical (unpaired) electrons. The van der Waals surface area contributed by atoms with E-state index in [9.17, 15) is 4.79 Å². The van der Waals surface area contributed by atoms with E-state index in [0.29, 0.717) is 0 Å². The van der Waals surface area contributed by atoms with Gasteiger partial charge in [0.25, 0.3) is 0 Å². The van der Waals surface area contributed by atoms with Crippen LogP contribution >= 0.6 is 0 Å². The molecular weight excluding hydrogens is 248 g/mol. The van der Waals surface area contributed by atoms with Crippen LogP contribution in [-0.4, -0.2) is 11.9 Å². The minimum Gasteiger partial charge on any atom is -0.347 e. The SMILES string of the molecule is CCCC(N)C(=O)NC(c1ccccc1C)C(C)(C)C. The summed E-state index contributed by atoms with van der Waals surface area (Å²) in [5.41, 5.74) is 8.22.